The summed E-state index contributed by atoms with van der Waals surface area (Å²) in [7, 11) is -1.12. The standard InChI is InChI=1S/C16H19ClN2O5S2/c1-18(11-4-5-11)15(20)13-8-25-9-19(13)26(22,23)14-7-10(16(21)24-2)3-6-12(14)17/h3,6-7,11,13H,4-5,8-9H2,1-2H3. The third kappa shape index (κ3) is 3.58. The van der Waals surface area contributed by atoms with Crippen molar-refractivity contribution in [2.75, 3.05) is 25.8 Å². The summed E-state index contributed by atoms with van der Waals surface area (Å²) in [6.45, 7) is 0. The summed E-state index contributed by atoms with van der Waals surface area (Å²) in [6.07, 6.45) is 1.89. The number of methoxy groups -OCH3 is 1. The van der Waals surface area contributed by atoms with Gasteiger partial charge in [0, 0.05) is 18.8 Å². The van der Waals surface area contributed by atoms with E-state index in [-0.39, 0.29) is 33.3 Å². The molecule has 1 amide bonds. The number of nitrogens with zero attached hydrogens (tertiary/aromatic N) is 2. The molecular weight excluding hydrogens is 400 g/mol. The molecule has 1 saturated carbocycles. The predicted octanol–water partition coefficient (Wildman–Crippen LogP) is 1.81. The number of sulfonamides is 1. The highest BCUT2D eigenvalue weighted by Crippen LogP contribution is 2.34. The number of esters is 1. The van der Waals surface area contributed by atoms with Gasteiger partial charge in [-0.2, -0.15) is 4.31 Å². The van der Waals surface area contributed by atoms with E-state index in [4.69, 9.17) is 11.6 Å². The molecule has 0 aromatic heterocycles. The van der Waals surface area contributed by atoms with E-state index in [9.17, 15) is 18.0 Å². The lowest BCUT2D eigenvalue weighted by atomic mass is 10.2. The number of likely N-dealkylation sites (N-methyl/N-ethyl adjacent to an activating group) is 1. The van der Waals surface area contributed by atoms with Gasteiger partial charge < -0.3 is 9.64 Å². The van der Waals surface area contributed by atoms with Crippen LogP contribution in [0.3, 0.4) is 0 Å². The molecular formula is C16H19ClN2O5S2. The molecule has 0 bridgehead atoms. The average molecular weight is 419 g/mol. The Balaban J connectivity index is 1.94. The smallest absolute Gasteiger partial charge is 0.337 e. The summed E-state index contributed by atoms with van der Waals surface area (Å²) < 4.78 is 32.1. The van der Waals surface area contributed by atoms with Crippen LogP contribution in [0.4, 0.5) is 0 Å². The minimum absolute atomic E-state index is 0.00343. The summed E-state index contributed by atoms with van der Waals surface area (Å²) in [5, 5.41) is -0.00343. The Morgan fingerprint density at radius 1 is 1.35 bits per heavy atom. The number of rotatable bonds is 5. The number of halogens is 1. The molecule has 1 heterocycles. The van der Waals surface area contributed by atoms with Gasteiger partial charge >= 0.3 is 5.97 Å². The SMILES string of the molecule is COC(=O)c1ccc(Cl)c(S(=O)(=O)N2CSCC2C(=O)N(C)C2CC2)c1. The molecule has 7 nitrogen and oxygen atoms in total. The summed E-state index contributed by atoms with van der Waals surface area (Å²) in [5.74, 6) is -0.309. The lowest BCUT2D eigenvalue weighted by Gasteiger charge is -2.27. The molecule has 1 atom stereocenters. The van der Waals surface area contributed by atoms with Gasteiger partial charge in [-0.05, 0) is 31.0 Å². The maximum absolute atomic E-state index is 13.1. The zero-order valence-corrected chi connectivity index (χ0v) is 16.7. The van der Waals surface area contributed by atoms with E-state index in [0.29, 0.717) is 5.75 Å². The van der Waals surface area contributed by atoms with Crippen LogP contribution in [-0.4, -0.2) is 67.4 Å². The van der Waals surface area contributed by atoms with Crippen molar-refractivity contribution in [3.63, 3.8) is 0 Å². The predicted molar refractivity (Wildman–Crippen MR) is 98.7 cm³/mol. The topological polar surface area (TPSA) is 84.0 Å². The largest absolute Gasteiger partial charge is 0.465 e. The van der Waals surface area contributed by atoms with E-state index < -0.39 is 22.0 Å². The van der Waals surface area contributed by atoms with Gasteiger partial charge in [-0.15, -0.1) is 11.8 Å². The van der Waals surface area contributed by atoms with Gasteiger partial charge in [-0.3, -0.25) is 4.79 Å². The molecule has 0 N–H and O–H groups in total. The minimum Gasteiger partial charge on any atom is -0.465 e. The Morgan fingerprint density at radius 3 is 2.65 bits per heavy atom. The van der Waals surface area contributed by atoms with E-state index in [0.717, 1.165) is 12.8 Å². The number of hydrogen-bond donors (Lipinski definition) is 0. The normalized spacial score (nSPS) is 20.8. The molecule has 0 spiro atoms. The summed E-state index contributed by atoms with van der Waals surface area (Å²) in [5.41, 5.74) is 0.0836. The van der Waals surface area contributed by atoms with Crippen LogP contribution in [0, 0.1) is 0 Å². The van der Waals surface area contributed by atoms with Gasteiger partial charge in [-0.1, -0.05) is 11.6 Å². The lowest BCUT2D eigenvalue weighted by Crippen LogP contribution is -2.48. The van der Waals surface area contributed by atoms with Gasteiger partial charge in [0.25, 0.3) is 0 Å². The van der Waals surface area contributed by atoms with Crippen LogP contribution in [0.25, 0.3) is 0 Å². The van der Waals surface area contributed by atoms with Crippen LogP contribution >= 0.6 is 23.4 Å². The fourth-order valence-corrected chi connectivity index (χ4v) is 6.44. The average Bonchev–Trinajstić information content (AvgIpc) is 3.35. The Labute approximate surface area is 161 Å². The van der Waals surface area contributed by atoms with Crippen molar-refractivity contribution in [1.29, 1.82) is 0 Å². The number of thioether (sulfide) groups is 1. The number of carbonyl (C=O) groups is 2. The fraction of sp³-hybridized carbons (Fsp3) is 0.500. The summed E-state index contributed by atoms with van der Waals surface area (Å²) in [6, 6.07) is 3.36. The van der Waals surface area contributed by atoms with Crippen molar-refractivity contribution in [2.24, 2.45) is 0 Å². The van der Waals surface area contributed by atoms with E-state index >= 15 is 0 Å². The van der Waals surface area contributed by atoms with Gasteiger partial charge in [0.15, 0.2) is 0 Å². The van der Waals surface area contributed by atoms with Crippen LogP contribution in [0.5, 0.6) is 0 Å². The van der Waals surface area contributed by atoms with Crippen molar-refractivity contribution >= 4 is 45.3 Å². The van der Waals surface area contributed by atoms with Crippen molar-refractivity contribution in [2.45, 2.75) is 29.8 Å². The van der Waals surface area contributed by atoms with Gasteiger partial charge in [-0.25, -0.2) is 13.2 Å². The van der Waals surface area contributed by atoms with Crippen molar-refractivity contribution in [3.8, 4) is 0 Å². The Bertz CT molecular complexity index is 841. The Kier molecular flexibility index (Phi) is 5.53. The first kappa shape index (κ1) is 19.5. The van der Waals surface area contributed by atoms with Crippen molar-refractivity contribution in [1.82, 2.24) is 9.21 Å². The molecule has 26 heavy (non-hydrogen) atoms. The number of ether oxygens (including phenoxy) is 1. The number of benzene rings is 1. The van der Waals surface area contributed by atoms with Gasteiger partial charge in [0.2, 0.25) is 15.9 Å². The molecule has 142 valence electrons. The molecule has 0 radical (unpaired) electrons. The monoisotopic (exact) mass is 418 g/mol. The van der Waals surface area contributed by atoms with E-state index in [1.165, 1.54) is 41.4 Å². The number of amides is 1. The lowest BCUT2D eigenvalue weighted by molar-refractivity contribution is -0.133. The zero-order chi connectivity index (χ0) is 19.1. The fourth-order valence-electron chi connectivity index (χ4n) is 2.81. The Hall–Kier alpha value is -1.29. The van der Waals surface area contributed by atoms with E-state index in [2.05, 4.69) is 4.74 Å². The third-order valence-electron chi connectivity index (χ3n) is 4.51. The molecule has 1 aromatic carbocycles. The van der Waals surface area contributed by atoms with Crippen LogP contribution in [0.1, 0.15) is 23.2 Å². The summed E-state index contributed by atoms with van der Waals surface area (Å²) >= 11 is 7.47. The highest BCUT2D eigenvalue weighted by atomic mass is 35.5. The molecule has 1 aromatic rings. The van der Waals surface area contributed by atoms with Crippen LogP contribution in [0.2, 0.25) is 5.02 Å². The van der Waals surface area contributed by atoms with Gasteiger partial charge in [0.05, 0.1) is 23.6 Å². The third-order valence-corrected chi connectivity index (χ3v) is 8.02. The molecule has 2 aliphatic rings. The highest BCUT2D eigenvalue weighted by Gasteiger charge is 2.44. The summed E-state index contributed by atoms with van der Waals surface area (Å²) in [4.78, 5) is 25.9. The number of hydrogen-bond acceptors (Lipinski definition) is 6. The quantitative estimate of drug-likeness (QED) is 0.678. The first-order valence-electron chi connectivity index (χ1n) is 8.01. The second-order valence-corrected chi connectivity index (χ2v) is 9.49. The maximum atomic E-state index is 13.1. The van der Waals surface area contributed by atoms with Crippen LogP contribution in [-0.2, 0) is 19.6 Å². The second-order valence-electron chi connectivity index (χ2n) is 6.22. The van der Waals surface area contributed by atoms with Crippen LogP contribution < -0.4 is 0 Å². The van der Waals surface area contributed by atoms with E-state index in [1.54, 1.807) is 11.9 Å². The minimum atomic E-state index is -4.04. The van der Waals surface area contributed by atoms with Crippen LogP contribution in [0.15, 0.2) is 23.1 Å². The first-order chi connectivity index (χ1) is 12.3. The van der Waals surface area contributed by atoms with Crippen molar-refractivity contribution < 1.29 is 22.7 Å². The molecule has 1 unspecified atom stereocenters. The van der Waals surface area contributed by atoms with Crippen molar-refractivity contribution in [3.05, 3.63) is 28.8 Å². The molecule has 1 aliphatic carbocycles. The molecule has 1 aliphatic heterocycles. The zero-order valence-electron chi connectivity index (χ0n) is 14.3. The second kappa shape index (κ2) is 7.38. The first-order valence-corrected chi connectivity index (χ1v) is 11.0. The van der Waals surface area contributed by atoms with Gasteiger partial charge in [0.1, 0.15) is 10.9 Å². The number of carbonyl (C=O) groups excluding carboxylic acids is 2. The maximum Gasteiger partial charge on any atom is 0.337 e. The highest BCUT2D eigenvalue weighted by molar-refractivity contribution is 8.00. The van der Waals surface area contributed by atoms with E-state index in [1.807, 2.05) is 0 Å². The Morgan fingerprint density at radius 2 is 2.04 bits per heavy atom. The molecule has 3 rings (SSSR count). The molecule has 10 heteroatoms. The molecule has 2 fully saturated rings. The molecule has 1 saturated heterocycles.